The van der Waals surface area contributed by atoms with E-state index in [1.54, 1.807) is 16.9 Å². The van der Waals surface area contributed by atoms with Gasteiger partial charge in [-0.25, -0.2) is 4.68 Å². The molecule has 1 aromatic heterocycles. The number of hydrogen-bond acceptors (Lipinski definition) is 4. The summed E-state index contributed by atoms with van der Waals surface area (Å²) in [5.74, 6) is 0. The third-order valence-corrected chi connectivity index (χ3v) is 3.12. The molecule has 1 N–H and O–H groups in total. The van der Waals surface area contributed by atoms with E-state index in [2.05, 4.69) is 24.3 Å². The van der Waals surface area contributed by atoms with E-state index < -0.39 is 0 Å². The van der Waals surface area contributed by atoms with Crippen LogP contribution in [0.2, 0.25) is 0 Å². The van der Waals surface area contributed by atoms with Crippen molar-refractivity contribution in [3.63, 3.8) is 0 Å². The summed E-state index contributed by atoms with van der Waals surface area (Å²) >= 11 is 0. The highest BCUT2D eigenvalue weighted by molar-refractivity contribution is 5.40. The Morgan fingerprint density at radius 3 is 2.79 bits per heavy atom. The molecule has 1 aromatic rings. The van der Waals surface area contributed by atoms with Gasteiger partial charge in [0.15, 0.2) is 0 Å². The van der Waals surface area contributed by atoms with E-state index in [0.717, 1.165) is 31.5 Å². The number of aromatic nitrogens is 2. The quantitative estimate of drug-likeness (QED) is 0.774. The molecule has 19 heavy (non-hydrogen) atoms. The Balaban J connectivity index is 2.43. The van der Waals surface area contributed by atoms with Crippen molar-refractivity contribution in [2.75, 3.05) is 25.5 Å². The van der Waals surface area contributed by atoms with Crippen LogP contribution < -0.4 is 15.8 Å². The second kappa shape index (κ2) is 7.94. The van der Waals surface area contributed by atoms with Crippen molar-refractivity contribution in [3.05, 3.63) is 22.6 Å². The minimum atomic E-state index is -0.0274. The van der Waals surface area contributed by atoms with Crippen molar-refractivity contribution in [1.29, 1.82) is 0 Å². The predicted octanol–water partition coefficient (Wildman–Crippen LogP) is 1.48. The molecular weight excluding hydrogens is 240 g/mol. The van der Waals surface area contributed by atoms with Crippen LogP contribution in [-0.4, -0.2) is 36.5 Å². The van der Waals surface area contributed by atoms with Gasteiger partial charge in [-0.3, -0.25) is 4.79 Å². The standard InChI is InChI=1S/C14H26N4O/c1-5-8-15-12(2)7-6-9-18-14(19)10-13(11-16-18)17(3)4/h10-12,15H,5-9H2,1-4H3. The number of nitrogens with zero attached hydrogens (tertiary/aromatic N) is 3. The number of hydrogen-bond donors (Lipinski definition) is 1. The van der Waals surface area contributed by atoms with E-state index in [1.807, 2.05) is 19.0 Å². The van der Waals surface area contributed by atoms with Gasteiger partial charge in [-0.05, 0) is 32.7 Å². The normalized spacial score (nSPS) is 12.4. The third-order valence-electron chi connectivity index (χ3n) is 3.12. The zero-order valence-electron chi connectivity index (χ0n) is 12.5. The zero-order chi connectivity index (χ0) is 14.3. The van der Waals surface area contributed by atoms with Gasteiger partial charge < -0.3 is 10.2 Å². The summed E-state index contributed by atoms with van der Waals surface area (Å²) in [6.45, 7) is 6.08. The second-order valence-electron chi connectivity index (χ2n) is 5.17. The molecule has 0 radical (unpaired) electrons. The molecule has 5 heteroatoms. The summed E-state index contributed by atoms with van der Waals surface area (Å²) in [7, 11) is 3.81. The molecule has 1 atom stereocenters. The van der Waals surface area contributed by atoms with Gasteiger partial charge in [0.05, 0.1) is 11.9 Å². The van der Waals surface area contributed by atoms with Gasteiger partial charge in [-0.1, -0.05) is 6.92 Å². The van der Waals surface area contributed by atoms with Crippen molar-refractivity contribution < 1.29 is 0 Å². The Morgan fingerprint density at radius 1 is 1.47 bits per heavy atom. The molecular formula is C14H26N4O. The average molecular weight is 266 g/mol. The number of rotatable bonds is 8. The summed E-state index contributed by atoms with van der Waals surface area (Å²) in [6, 6.07) is 2.13. The van der Waals surface area contributed by atoms with Gasteiger partial charge in [0, 0.05) is 32.7 Å². The smallest absolute Gasteiger partial charge is 0.268 e. The van der Waals surface area contributed by atoms with Crippen LogP contribution in [0, 0.1) is 0 Å². The summed E-state index contributed by atoms with van der Waals surface area (Å²) in [5, 5.41) is 7.64. The minimum Gasteiger partial charge on any atom is -0.376 e. The van der Waals surface area contributed by atoms with Crippen LogP contribution in [-0.2, 0) is 6.54 Å². The first-order valence-corrected chi connectivity index (χ1v) is 7.02. The Morgan fingerprint density at radius 2 is 2.21 bits per heavy atom. The van der Waals surface area contributed by atoms with Gasteiger partial charge in [0.1, 0.15) is 0 Å². The highest BCUT2D eigenvalue weighted by Gasteiger charge is 2.04. The summed E-state index contributed by atoms with van der Waals surface area (Å²) in [6.07, 6.45) is 4.91. The van der Waals surface area contributed by atoms with Crippen molar-refractivity contribution in [3.8, 4) is 0 Å². The first kappa shape index (κ1) is 15.7. The molecule has 1 rings (SSSR count). The molecule has 0 amide bonds. The fourth-order valence-electron chi connectivity index (χ4n) is 1.88. The largest absolute Gasteiger partial charge is 0.376 e. The Bertz CT molecular complexity index is 428. The predicted molar refractivity (Wildman–Crippen MR) is 79.8 cm³/mol. The lowest BCUT2D eigenvalue weighted by Crippen LogP contribution is -2.28. The molecule has 0 saturated carbocycles. The van der Waals surface area contributed by atoms with Crippen LogP contribution >= 0.6 is 0 Å². The molecule has 5 nitrogen and oxygen atoms in total. The van der Waals surface area contributed by atoms with Gasteiger partial charge in [-0.15, -0.1) is 0 Å². The van der Waals surface area contributed by atoms with Gasteiger partial charge in [0.25, 0.3) is 5.56 Å². The van der Waals surface area contributed by atoms with Crippen LogP contribution in [0.5, 0.6) is 0 Å². The van der Waals surface area contributed by atoms with Crippen LogP contribution in [0.4, 0.5) is 5.69 Å². The van der Waals surface area contributed by atoms with E-state index in [1.165, 1.54) is 0 Å². The Kier molecular flexibility index (Phi) is 6.56. The Hall–Kier alpha value is -1.36. The maximum Gasteiger partial charge on any atom is 0.268 e. The highest BCUT2D eigenvalue weighted by Crippen LogP contribution is 2.04. The van der Waals surface area contributed by atoms with Gasteiger partial charge in [-0.2, -0.15) is 5.10 Å². The van der Waals surface area contributed by atoms with E-state index in [-0.39, 0.29) is 5.56 Å². The molecule has 0 aliphatic heterocycles. The molecule has 1 unspecified atom stereocenters. The zero-order valence-corrected chi connectivity index (χ0v) is 12.5. The van der Waals surface area contributed by atoms with E-state index in [9.17, 15) is 4.79 Å². The molecule has 0 aromatic carbocycles. The average Bonchev–Trinajstić information content (AvgIpc) is 2.38. The number of aryl methyl sites for hydroxylation is 1. The lowest BCUT2D eigenvalue weighted by atomic mass is 10.2. The lowest BCUT2D eigenvalue weighted by Gasteiger charge is -2.14. The maximum absolute atomic E-state index is 11.9. The van der Waals surface area contributed by atoms with E-state index in [0.29, 0.717) is 12.6 Å². The van der Waals surface area contributed by atoms with E-state index >= 15 is 0 Å². The maximum atomic E-state index is 11.9. The molecule has 0 bridgehead atoms. The number of anilines is 1. The highest BCUT2D eigenvalue weighted by atomic mass is 16.1. The summed E-state index contributed by atoms with van der Waals surface area (Å²) in [5.41, 5.74) is 0.819. The molecule has 0 spiro atoms. The van der Waals surface area contributed by atoms with Gasteiger partial charge in [0.2, 0.25) is 0 Å². The van der Waals surface area contributed by atoms with Crippen molar-refractivity contribution >= 4 is 5.69 Å². The summed E-state index contributed by atoms with van der Waals surface area (Å²) < 4.78 is 1.54. The van der Waals surface area contributed by atoms with Crippen molar-refractivity contribution in [1.82, 2.24) is 15.1 Å². The molecule has 0 aliphatic rings. The Labute approximate surface area is 115 Å². The SMILES string of the molecule is CCCNC(C)CCCn1ncc(N(C)C)cc1=O. The fourth-order valence-corrected chi connectivity index (χ4v) is 1.88. The molecule has 108 valence electrons. The van der Waals surface area contributed by atoms with Crippen LogP contribution in [0.15, 0.2) is 17.1 Å². The van der Waals surface area contributed by atoms with E-state index in [4.69, 9.17) is 0 Å². The molecule has 0 fully saturated rings. The second-order valence-corrected chi connectivity index (χ2v) is 5.17. The van der Waals surface area contributed by atoms with Crippen LogP contribution in [0.25, 0.3) is 0 Å². The van der Waals surface area contributed by atoms with Crippen LogP contribution in [0.1, 0.15) is 33.1 Å². The number of nitrogens with one attached hydrogen (secondary N) is 1. The van der Waals surface area contributed by atoms with Crippen molar-refractivity contribution in [2.45, 2.75) is 45.7 Å². The monoisotopic (exact) mass is 266 g/mol. The first-order valence-electron chi connectivity index (χ1n) is 7.02. The molecule has 0 aliphatic carbocycles. The lowest BCUT2D eigenvalue weighted by molar-refractivity contribution is 0.455. The van der Waals surface area contributed by atoms with Crippen molar-refractivity contribution in [2.24, 2.45) is 0 Å². The minimum absolute atomic E-state index is 0.0274. The van der Waals surface area contributed by atoms with Crippen LogP contribution in [0.3, 0.4) is 0 Å². The third kappa shape index (κ3) is 5.42. The topological polar surface area (TPSA) is 50.2 Å². The van der Waals surface area contributed by atoms with Gasteiger partial charge >= 0.3 is 0 Å². The molecule has 0 saturated heterocycles. The first-order chi connectivity index (χ1) is 9.04. The molecule has 1 heterocycles. The fraction of sp³-hybridized carbons (Fsp3) is 0.714. The summed E-state index contributed by atoms with van der Waals surface area (Å²) in [4.78, 5) is 13.7.